The molecule has 0 bridgehead atoms. The first-order valence-electron chi connectivity index (χ1n) is 8.81. The number of anilines is 1. The second-order valence-corrected chi connectivity index (χ2v) is 7.87. The van der Waals surface area contributed by atoms with Crippen LogP contribution in [0.4, 0.5) is 5.69 Å². The smallest absolute Gasteiger partial charge is 0.339 e. The van der Waals surface area contributed by atoms with Gasteiger partial charge in [-0.25, -0.2) is 18.4 Å². The van der Waals surface area contributed by atoms with E-state index in [1.54, 1.807) is 0 Å². The summed E-state index contributed by atoms with van der Waals surface area (Å²) in [4.78, 5) is 24.7. The summed E-state index contributed by atoms with van der Waals surface area (Å²) in [6.07, 6.45) is -1.13. The minimum absolute atomic E-state index is 0.0902. The molecule has 30 heavy (non-hydrogen) atoms. The molecule has 1 atom stereocenters. The number of fused-ring (bicyclic) bond motifs is 1. The van der Waals surface area contributed by atoms with E-state index < -0.39 is 28.0 Å². The van der Waals surface area contributed by atoms with Gasteiger partial charge >= 0.3 is 5.97 Å². The average molecular weight is 436 g/mol. The van der Waals surface area contributed by atoms with Crippen LogP contribution in [-0.4, -0.2) is 46.7 Å². The van der Waals surface area contributed by atoms with Crippen molar-refractivity contribution in [1.29, 1.82) is 0 Å². The molecule has 10 nitrogen and oxygen atoms in total. The predicted molar refractivity (Wildman–Crippen MR) is 105 cm³/mol. The Kier molecular flexibility index (Phi) is 6.13. The number of esters is 1. The van der Waals surface area contributed by atoms with Gasteiger partial charge in [-0.1, -0.05) is 0 Å². The summed E-state index contributed by atoms with van der Waals surface area (Å²) >= 11 is 0. The maximum Gasteiger partial charge on any atom is 0.339 e. The molecule has 2 aromatic carbocycles. The van der Waals surface area contributed by atoms with Gasteiger partial charge in [-0.15, -0.1) is 0 Å². The molecule has 1 aliphatic heterocycles. The lowest BCUT2D eigenvalue weighted by molar-refractivity contribution is -0.123. The van der Waals surface area contributed by atoms with Gasteiger partial charge in [-0.05, 0) is 43.3 Å². The molecule has 1 amide bonds. The lowest BCUT2D eigenvalue weighted by atomic mass is 10.1. The number of carbonyl (C=O) groups excluding carboxylic acids is 2. The van der Waals surface area contributed by atoms with E-state index in [1.165, 1.54) is 50.4 Å². The molecule has 1 heterocycles. The van der Waals surface area contributed by atoms with Crippen LogP contribution < -0.4 is 24.7 Å². The zero-order valence-corrected chi connectivity index (χ0v) is 17.0. The van der Waals surface area contributed by atoms with Crippen LogP contribution in [0.3, 0.4) is 0 Å². The topological polar surface area (TPSA) is 143 Å². The van der Waals surface area contributed by atoms with Crippen LogP contribution in [0.2, 0.25) is 0 Å². The number of amides is 1. The maximum absolute atomic E-state index is 12.5. The van der Waals surface area contributed by atoms with E-state index in [9.17, 15) is 18.0 Å². The lowest BCUT2D eigenvalue weighted by Gasteiger charge is -2.21. The Labute approximate surface area is 172 Å². The van der Waals surface area contributed by atoms with E-state index in [2.05, 4.69) is 5.32 Å². The van der Waals surface area contributed by atoms with Gasteiger partial charge in [-0.3, -0.25) is 4.79 Å². The number of benzene rings is 2. The lowest BCUT2D eigenvalue weighted by Crippen LogP contribution is -2.30. The van der Waals surface area contributed by atoms with E-state index in [0.29, 0.717) is 36.1 Å². The van der Waals surface area contributed by atoms with Crippen LogP contribution in [0.25, 0.3) is 0 Å². The molecule has 1 aliphatic rings. The van der Waals surface area contributed by atoms with E-state index >= 15 is 0 Å². The molecule has 0 radical (unpaired) electrons. The van der Waals surface area contributed by atoms with E-state index in [4.69, 9.17) is 24.1 Å². The van der Waals surface area contributed by atoms with Gasteiger partial charge in [0, 0.05) is 5.69 Å². The molecule has 0 spiro atoms. The highest BCUT2D eigenvalue weighted by Gasteiger charge is 2.24. The van der Waals surface area contributed by atoms with Crippen molar-refractivity contribution in [2.75, 3.05) is 25.6 Å². The Morgan fingerprint density at radius 2 is 1.80 bits per heavy atom. The van der Waals surface area contributed by atoms with E-state index in [-0.39, 0.29) is 10.5 Å². The standard InChI is InChI=1S/C19H20N2O8S/c1-11(18(22)21-13-3-5-14(6-4-13)30(20,24)25)29-19(23)12-9-15(26-2)17-16(10-12)27-7-8-28-17/h3-6,9-11H,7-8H2,1-2H3,(H,21,22)(H2,20,24,25)/t11-/m0/s1. The summed E-state index contributed by atoms with van der Waals surface area (Å²) in [5, 5.41) is 7.56. The van der Waals surface area contributed by atoms with Gasteiger partial charge in [0.1, 0.15) is 13.2 Å². The molecule has 0 saturated carbocycles. The summed E-state index contributed by atoms with van der Waals surface area (Å²) in [7, 11) is -2.40. The number of rotatable bonds is 6. The summed E-state index contributed by atoms with van der Waals surface area (Å²) in [5.74, 6) is -0.298. The van der Waals surface area contributed by atoms with Crippen molar-refractivity contribution in [1.82, 2.24) is 0 Å². The number of nitrogens with two attached hydrogens (primary N) is 1. The van der Waals surface area contributed by atoms with Gasteiger partial charge < -0.3 is 24.3 Å². The zero-order valence-electron chi connectivity index (χ0n) is 16.2. The SMILES string of the molecule is COc1cc(C(=O)O[C@@H](C)C(=O)Nc2ccc(S(N)(=O)=O)cc2)cc2c1OCCO2. The van der Waals surface area contributed by atoms with E-state index in [0.717, 1.165) is 0 Å². The Morgan fingerprint density at radius 1 is 1.13 bits per heavy atom. The molecule has 3 rings (SSSR count). The fourth-order valence-electron chi connectivity index (χ4n) is 2.64. The van der Waals surface area contributed by atoms with Gasteiger partial charge in [0.2, 0.25) is 15.8 Å². The minimum Gasteiger partial charge on any atom is -0.493 e. The number of nitrogens with one attached hydrogen (secondary N) is 1. The molecule has 0 unspecified atom stereocenters. The molecule has 0 aliphatic carbocycles. The molecule has 0 saturated heterocycles. The molecule has 0 fully saturated rings. The Hall–Kier alpha value is -3.31. The first kappa shape index (κ1) is 21.4. The van der Waals surface area contributed by atoms with Crippen molar-refractivity contribution < 1.29 is 37.0 Å². The molecule has 11 heteroatoms. The number of primary sulfonamides is 1. The average Bonchev–Trinajstić information content (AvgIpc) is 2.72. The summed E-state index contributed by atoms with van der Waals surface area (Å²) in [6, 6.07) is 8.14. The van der Waals surface area contributed by atoms with Gasteiger partial charge in [0.05, 0.1) is 17.6 Å². The quantitative estimate of drug-likeness (QED) is 0.645. The number of sulfonamides is 1. The fraction of sp³-hybridized carbons (Fsp3) is 0.263. The third kappa shape index (κ3) is 4.81. The first-order chi connectivity index (χ1) is 14.2. The van der Waals surface area contributed by atoms with Crippen molar-refractivity contribution in [3.8, 4) is 17.2 Å². The third-order valence-corrected chi connectivity index (χ3v) is 5.10. The molecular formula is C19H20N2O8S. The number of carbonyl (C=O) groups is 2. The maximum atomic E-state index is 12.5. The Bertz CT molecular complexity index is 1050. The fourth-order valence-corrected chi connectivity index (χ4v) is 3.16. The van der Waals surface area contributed by atoms with Crippen molar-refractivity contribution in [2.24, 2.45) is 5.14 Å². The van der Waals surface area contributed by atoms with E-state index in [1.807, 2.05) is 0 Å². The van der Waals surface area contributed by atoms with Gasteiger partial charge in [0.15, 0.2) is 17.6 Å². The van der Waals surface area contributed by atoms with Gasteiger partial charge in [-0.2, -0.15) is 0 Å². The summed E-state index contributed by atoms with van der Waals surface area (Å²) < 4.78 is 44.0. The summed E-state index contributed by atoms with van der Waals surface area (Å²) in [6.45, 7) is 2.10. The highest BCUT2D eigenvalue weighted by molar-refractivity contribution is 7.89. The number of hydrogen-bond donors (Lipinski definition) is 2. The Balaban J connectivity index is 1.67. The molecule has 0 aromatic heterocycles. The minimum atomic E-state index is -3.83. The highest BCUT2D eigenvalue weighted by Crippen LogP contribution is 2.40. The Morgan fingerprint density at radius 3 is 2.43 bits per heavy atom. The highest BCUT2D eigenvalue weighted by atomic mass is 32.2. The van der Waals surface area contributed by atoms with Crippen molar-refractivity contribution in [2.45, 2.75) is 17.9 Å². The molecule has 2 aromatic rings. The van der Waals surface area contributed by atoms with Crippen LogP contribution >= 0.6 is 0 Å². The number of hydrogen-bond acceptors (Lipinski definition) is 8. The first-order valence-corrected chi connectivity index (χ1v) is 10.4. The second kappa shape index (κ2) is 8.59. The van der Waals surface area contributed by atoms with Gasteiger partial charge in [0.25, 0.3) is 5.91 Å². The summed E-state index contributed by atoms with van der Waals surface area (Å²) in [5.41, 5.74) is 0.449. The monoisotopic (exact) mass is 436 g/mol. The number of ether oxygens (including phenoxy) is 4. The molecule has 160 valence electrons. The molecular weight excluding hydrogens is 416 g/mol. The van der Waals surface area contributed by atoms with Crippen molar-refractivity contribution >= 4 is 27.6 Å². The van der Waals surface area contributed by atoms with Crippen LogP contribution in [0.5, 0.6) is 17.2 Å². The van der Waals surface area contributed by atoms with Crippen molar-refractivity contribution in [3.63, 3.8) is 0 Å². The number of methoxy groups -OCH3 is 1. The van der Waals surface area contributed by atoms with Crippen LogP contribution in [0.15, 0.2) is 41.3 Å². The van der Waals surface area contributed by atoms with Crippen LogP contribution in [0, 0.1) is 0 Å². The molecule has 3 N–H and O–H groups in total. The van der Waals surface area contributed by atoms with Crippen LogP contribution in [-0.2, 0) is 19.6 Å². The van der Waals surface area contributed by atoms with Crippen molar-refractivity contribution in [3.05, 3.63) is 42.0 Å². The zero-order chi connectivity index (χ0) is 21.9. The largest absolute Gasteiger partial charge is 0.493 e. The van der Waals surface area contributed by atoms with Crippen LogP contribution in [0.1, 0.15) is 17.3 Å². The predicted octanol–water partition coefficient (Wildman–Crippen LogP) is 1.30. The third-order valence-electron chi connectivity index (χ3n) is 4.17. The normalized spacial score (nSPS) is 13.8. The second-order valence-electron chi connectivity index (χ2n) is 6.31.